The first-order valence-electron chi connectivity index (χ1n) is 10.0. The molecular weight excluding hydrogens is 444 g/mol. The molecule has 0 saturated carbocycles. The number of hydrogen-bond acceptors (Lipinski definition) is 12. The van der Waals surface area contributed by atoms with Gasteiger partial charge in [0.1, 0.15) is 23.4 Å². The lowest BCUT2D eigenvalue weighted by Gasteiger charge is -2.35. The molecule has 12 heteroatoms. The fraction of sp³-hybridized carbons (Fsp3) is 0.429. The topological polar surface area (TPSA) is 210 Å². The summed E-state index contributed by atoms with van der Waals surface area (Å²) in [7, 11) is 0. The van der Waals surface area contributed by atoms with E-state index in [1.165, 1.54) is 0 Å². The molecule has 3 aliphatic rings. The average Bonchev–Trinajstić information content (AvgIpc) is 3.14. The Bertz CT molecular complexity index is 1110. The van der Waals surface area contributed by atoms with Crippen molar-refractivity contribution in [3.63, 3.8) is 0 Å². The van der Waals surface area contributed by atoms with E-state index in [-0.39, 0.29) is 40.4 Å². The number of ether oxygens (including phenoxy) is 3. The number of hydrogen-bond donors (Lipinski definition) is 9. The molecule has 6 atom stereocenters. The van der Waals surface area contributed by atoms with Crippen molar-refractivity contribution in [3.05, 3.63) is 34.9 Å². The Kier molecular flexibility index (Phi) is 4.63. The fourth-order valence-corrected chi connectivity index (χ4v) is 4.75. The highest BCUT2D eigenvalue weighted by Crippen LogP contribution is 2.60. The van der Waals surface area contributed by atoms with Gasteiger partial charge in [0.05, 0.1) is 24.9 Å². The van der Waals surface area contributed by atoms with E-state index in [0.29, 0.717) is 0 Å². The second-order valence-electron chi connectivity index (χ2n) is 8.43. The van der Waals surface area contributed by atoms with E-state index in [1.54, 1.807) is 0 Å². The SMILES string of the molecule is OC[C@@H](O)C1OCC2(O)c3c(cc(O)c4c3O[C@H](c3cc(O)c(O)c(O)c3)[C@H](O)C4)OC12O. The second kappa shape index (κ2) is 7.00. The highest BCUT2D eigenvalue weighted by atomic mass is 16.7. The number of phenolic OH excluding ortho intramolecular Hbond substituents is 4. The maximum Gasteiger partial charge on any atom is 0.273 e. The lowest BCUT2D eigenvalue weighted by molar-refractivity contribution is -0.252. The summed E-state index contributed by atoms with van der Waals surface area (Å²) in [6, 6.07) is 3.27. The zero-order valence-corrected chi connectivity index (χ0v) is 16.9. The third-order valence-electron chi connectivity index (χ3n) is 6.42. The summed E-state index contributed by atoms with van der Waals surface area (Å²) in [5.74, 6) is -5.25. The third kappa shape index (κ3) is 2.79. The lowest BCUT2D eigenvalue weighted by atomic mass is 9.82. The summed E-state index contributed by atoms with van der Waals surface area (Å²) in [4.78, 5) is 0. The minimum atomic E-state index is -2.52. The Morgan fingerprint density at radius 3 is 2.33 bits per heavy atom. The molecule has 0 bridgehead atoms. The highest BCUT2D eigenvalue weighted by Gasteiger charge is 2.71. The van der Waals surface area contributed by atoms with E-state index in [1.807, 2.05) is 0 Å². The van der Waals surface area contributed by atoms with Crippen molar-refractivity contribution < 1.29 is 60.2 Å². The van der Waals surface area contributed by atoms with Crippen LogP contribution in [0.4, 0.5) is 0 Å². The molecule has 1 saturated heterocycles. The predicted octanol–water partition coefficient (Wildman–Crippen LogP) is -1.43. The summed E-state index contributed by atoms with van der Waals surface area (Å²) < 4.78 is 16.8. The summed E-state index contributed by atoms with van der Waals surface area (Å²) in [6.07, 6.45) is -5.81. The maximum absolute atomic E-state index is 11.4. The Morgan fingerprint density at radius 2 is 1.70 bits per heavy atom. The van der Waals surface area contributed by atoms with Gasteiger partial charge in [-0.05, 0) is 12.1 Å². The molecule has 5 rings (SSSR count). The van der Waals surface area contributed by atoms with Crippen LogP contribution in [0.15, 0.2) is 18.2 Å². The molecular formula is C21H22O12. The summed E-state index contributed by atoms with van der Waals surface area (Å²) in [5.41, 5.74) is -2.20. The number of rotatable bonds is 3. The Balaban J connectivity index is 1.63. The molecule has 0 radical (unpaired) electrons. The fourth-order valence-electron chi connectivity index (χ4n) is 4.75. The quantitative estimate of drug-likeness (QED) is 0.238. The van der Waals surface area contributed by atoms with Crippen LogP contribution in [0, 0.1) is 0 Å². The van der Waals surface area contributed by atoms with Crippen LogP contribution in [0.1, 0.15) is 22.8 Å². The number of fused-ring (bicyclic) bond motifs is 5. The number of benzene rings is 2. The monoisotopic (exact) mass is 466 g/mol. The van der Waals surface area contributed by atoms with Gasteiger partial charge >= 0.3 is 0 Å². The van der Waals surface area contributed by atoms with Gasteiger partial charge < -0.3 is 60.2 Å². The van der Waals surface area contributed by atoms with Gasteiger partial charge in [0, 0.05) is 23.6 Å². The molecule has 12 nitrogen and oxygen atoms in total. The first kappa shape index (κ1) is 21.8. The minimum absolute atomic E-state index is 0.0791. The van der Waals surface area contributed by atoms with Crippen molar-refractivity contribution in [1.29, 1.82) is 0 Å². The average molecular weight is 466 g/mol. The molecule has 3 unspecified atom stereocenters. The second-order valence-corrected chi connectivity index (χ2v) is 8.43. The molecule has 3 heterocycles. The molecule has 0 spiro atoms. The summed E-state index contributed by atoms with van der Waals surface area (Å²) in [5, 5.41) is 92.4. The Morgan fingerprint density at radius 1 is 1.03 bits per heavy atom. The summed E-state index contributed by atoms with van der Waals surface area (Å²) in [6.45, 7) is -1.34. The Hall–Kier alpha value is -3.00. The molecule has 0 aliphatic carbocycles. The summed E-state index contributed by atoms with van der Waals surface area (Å²) >= 11 is 0. The largest absolute Gasteiger partial charge is 0.507 e. The van der Waals surface area contributed by atoms with Crippen LogP contribution in [-0.2, 0) is 16.8 Å². The van der Waals surface area contributed by atoms with E-state index >= 15 is 0 Å². The van der Waals surface area contributed by atoms with Crippen molar-refractivity contribution in [1.82, 2.24) is 0 Å². The number of aliphatic hydroxyl groups is 5. The van der Waals surface area contributed by atoms with Gasteiger partial charge in [-0.2, -0.15) is 0 Å². The third-order valence-corrected chi connectivity index (χ3v) is 6.42. The number of aliphatic hydroxyl groups excluding tert-OH is 3. The molecule has 2 aromatic carbocycles. The van der Waals surface area contributed by atoms with E-state index in [4.69, 9.17) is 14.2 Å². The first-order valence-corrected chi connectivity index (χ1v) is 10.0. The van der Waals surface area contributed by atoms with Crippen LogP contribution < -0.4 is 9.47 Å². The van der Waals surface area contributed by atoms with Crippen LogP contribution >= 0.6 is 0 Å². The molecule has 3 aliphatic heterocycles. The zero-order valence-electron chi connectivity index (χ0n) is 16.9. The van der Waals surface area contributed by atoms with E-state index in [2.05, 4.69) is 0 Å². The van der Waals surface area contributed by atoms with Gasteiger partial charge in [-0.3, -0.25) is 0 Å². The van der Waals surface area contributed by atoms with Gasteiger partial charge in [0.2, 0.25) is 0 Å². The van der Waals surface area contributed by atoms with Crippen molar-refractivity contribution in [3.8, 4) is 34.5 Å². The van der Waals surface area contributed by atoms with Crippen molar-refractivity contribution in [2.45, 2.75) is 42.2 Å². The van der Waals surface area contributed by atoms with Crippen LogP contribution in [0.25, 0.3) is 0 Å². The van der Waals surface area contributed by atoms with Crippen LogP contribution in [0.2, 0.25) is 0 Å². The van der Waals surface area contributed by atoms with Gasteiger partial charge in [-0.25, -0.2) is 0 Å². The number of phenols is 4. The molecule has 2 aromatic rings. The standard InChI is InChI=1S/C21H22O12/c22-5-13(27)19-21(30)20(29,6-31-19)15-14(33-21)4-9(23)8-3-12(26)17(32-18(8)15)7-1-10(24)16(28)11(25)2-7/h1-2,4,12-13,17,19,22-30H,3,5-6H2/t12-,13-,17-,19?,20?,21?/m1/s1. The van der Waals surface area contributed by atoms with Gasteiger partial charge in [-0.15, -0.1) is 0 Å². The van der Waals surface area contributed by atoms with Crippen molar-refractivity contribution in [2.75, 3.05) is 13.2 Å². The first-order chi connectivity index (χ1) is 15.5. The van der Waals surface area contributed by atoms with Gasteiger partial charge in [-0.1, -0.05) is 0 Å². The highest BCUT2D eigenvalue weighted by molar-refractivity contribution is 5.64. The van der Waals surface area contributed by atoms with Crippen molar-refractivity contribution >= 4 is 0 Å². The molecule has 9 N–H and O–H groups in total. The molecule has 0 aromatic heterocycles. The molecule has 33 heavy (non-hydrogen) atoms. The molecule has 0 amide bonds. The smallest absolute Gasteiger partial charge is 0.273 e. The number of aromatic hydroxyl groups is 4. The lowest BCUT2D eigenvalue weighted by Crippen LogP contribution is -2.58. The normalized spacial score (nSPS) is 32.9. The van der Waals surface area contributed by atoms with Crippen molar-refractivity contribution in [2.24, 2.45) is 0 Å². The molecule has 1 fully saturated rings. The van der Waals surface area contributed by atoms with Gasteiger partial charge in [0.15, 0.2) is 35.1 Å². The van der Waals surface area contributed by atoms with E-state index in [0.717, 1.165) is 18.2 Å². The van der Waals surface area contributed by atoms with Gasteiger partial charge in [0.25, 0.3) is 5.79 Å². The van der Waals surface area contributed by atoms with Crippen LogP contribution in [0.5, 0.6) is 34.5 Å². The molecule has 178 valence electrons. The van der Waals surface area contributed by atoms with E-state index in [9.17, 15) is 46.0 Å². The maximum atomic E-state index is 11.4. The van der Waals surface area contributed by atoms with E-state index < -0.39 is 66.3 Å². The van der Waals surface area contributed by atoms with Crippen LogP contribution in [0.3, 0.4) is 0 Å². The minimum Gasteiger partial charge on any atom is -0.507 e. The predicted molar refractivity (Wildman–Crippen MR) is 105 cm³/mol. The zero-order chi connectivity index (χ0) is 23.9. The van der Waals surface area contributed by atoms with Crippen LogP contribution in [-0.4, -0.2) is 83.3 Å². The Labute approximate surface area is 185 Å².